The van der Waals surface area contributed by atoms with Gasteiger partial charge in [-0.05, 0) is 61.3 Å². The van der Waals surface area contributed by atoms with Gasteiger partial charge in [-0.1, -0.05) is 13.0 Å². The number of ether oxygens (including phenoxy) is 1. The van der Waals surface area contributed by atoms with Crippen LogP contribution in [0.15, 0.2) is 18.2 Å². The lowest BCUT2D eigenvalue weighted by Crippen LogP contribution is -2.54. The highest BCUT2D eigenvalue weighted by atomic mass is 16.5. The fourth-order valence-corrected chi connectivity index (χ4v) is 3.50. The number of hydrogen-bond donors (Lipinski definition) is 1. The molecule has 2 heterocycles. The van der Waals surface area contributed by atoms with Gasteiger partial charge in [0.2, 0.25) is 0 Å². The molecule has 0 atom stereocenters. The highest BCUT2D eigenvalue weighted by Crippen LogP contribution is 2.31. The molecular formula is C18H26N2O2. The molecule has 0 aliphatic carbocycles. The van der Waals surface area contributed by atoms with Crippen LogP contribution in [0.2, 0.25) is 0 Å². The number of carbonyl (C=O) groups is 1. The Morgan fingerprint density at radius 2 is 2.00 bits per heavy atom. The zero-order chi connectivity index (χ0) is 15.5. The number of anilines is 1. The summed E-state index contributed by atoms with van der Waals surface area (Å²) >= 11 is 0. The second-order valence-corrected chi connectivity index (χ2v) is 6.54. The van der Waals surface area contributed by atoms with Gasteiger partial charge in [-0.3, -0.25) is 0 Å². The highest BCUT2D eigenvalue weighted by Gasteiger charge is 2.36. The molecule has 0 bridgehead atoms. The van der Waals surface area contributed by atoms with Crippen molar-refractivity contribution in [1.29, 1.82) is 0 Å². The Kier molecular flexibility index (Phi) is 4.67. The maximum Gasteiger partial charge on any atom is 0.321 e. The Balaban J connectivity index is 1.51. The first-order valence-electron chi connectivity index (χ1n) is 8.40. The molecule has 4 nitrogen and oxygen atoms in total. The molecule has 0 unspecified atom stereocenters. The molecule has 22 heavy (non-hydrogen) atoms. The van der Waals surface area contributed by atoms with Gasteiger partial charge in [0.1, 0.15) is 0 Å². The second-order valence-electron chi connectivity index (χ2n) is 6.54. The van der Waals surface area contributed by atoms with Crippen molar-refractivity contribution in [2.45, 2.75) is 33.1 Å². The Bertz CT molecular complexity index is 532. The minimum atomic E-state index is 0.0363. The van der Waals surface area contributed by atoms with E-state index in [9.17, 15) is 4.79 Å². The predicted octanol–water partition coefficient (Wildman–Crippen LogP) is 3.45. The third-order valence-electron chi connectivity index (χ3n) is 5.11. The van der Waals surface area contributed by atoms with Crippen LogP contribution in [0.1, 0.15) is 30.9 Å². The summed E-state index contributed by atoms with van der Waals surface area (Å²) in [6.07, 6.45) is 3.29. The third kappa shape index (κ3) is 3.27. The Morgan fingerprint density at radius 3 is 2.68 bits per heavy atom. The molecule has 0 aromatic heterocycles. The number of aryl methyl sites for hydroxylation is 2. The molecular weight excluding hydrogens is 276 g/mol. The van der Waals surface area contributed by atoms with Crippen LogP contribution in [0.5, 0.6) is 0 Å². The minimum absolute atomic E-state index is 0.0363. The Hall–Kier alpha value is -1.55. The van der Waals surface area contributed by atoms with Crippen LogP contribution in [0.25, 0.3) is 0 Å². The number of benzene rings is 1. The molecule has 0 radical (unpaired) electrons. The van der Waals surface area contributed by atoms with E-state index in [1.54, 1.807) is 0 Å². The highest BCUT2D eigenvalue weighted by molar-refractivity contribution is 5.90. The van der Waals surface area contributed by atoms with E-state index in [1.807, 2.05) is 11.0 Å². The van der Waals surface area contributed by atoms with E-state index in [2.05, 4.69) is 31.3 Å². The lowest BCUT2D eigenvalue weighted by atomic mass is 9.81. The van der Waals surface area contributed by atoms with Crippen LogP contribution in [0.4, 0.5) is 10.5 Å². The van der Waals surface area contributed by atoms with Crippen molar-refractivity contribution in [3.05, 3.63) is 29.3 Å². The number of urea groups is 1. The van der Waals surface area contributed by atoms with Gasteiger partial charge in [-0.2, -0.15) is 0 Å². The number of nitrogens with zero attached hydrogens (tertiary/aromatic N) is 1. The lowest BCUT2D eigenvalue weighted by Gasteiger charge is -2.44. The molecule has 2 fully saturated rings. The molecule has 0 saturated carbocycles. The fourth-order valence-electron chi connectivity index (χ4n) is 3.50. The van der Waals surface area contributed by atoms with Gasteiger partial charge < -0.3 is 15.0 Å². The maximum absolute atomic E-state index is 12.3. The van der Waals surface area contributed by atoms with Gasteiger partial charge in [-0.15, -0.1) is 0 Å². The normalized spacial score (nSPS) is 19.8. The monoisotopic (exact) mass is 302 g/mol. The summed E-state index contributed by atoms with van der Waals surface area (Å²) in [5, 5.41) is 3.03. The molecule has 2 aliphatic heterocycles. The summed E-state index contributed by atoms with van der Waals surface area (Å²) in [6, 6.07) is 6.19. The molecule has 1 aromatic carbocycles. The number of hydrogen-bond acceptors (Lipinski definition) is 2. The lowest BCUT2D eigenvalue weighted by molar-refractivity contribution is 0.00883. The number of amides is 2. The van der Waals surface area contributed by atoms with Gasteiger partial charge in [0.15, 0.2) is 0 Å². The maximum atomic E-state index is 12.3. The number of carbonyl (C=O) groups excluding carboxylic acids is 1. The third-order valence-corrected chi connectivity index (χ3v) is 5.11. The number of rotatable bonds is 3. The summed E-state index contributed by atoms with van der Waals surface area (Å²) in [4.78, 5) is 14.2. The first-order chi connectivity index (χ1) is 10.7. The van der Waals surface area contributed by atoms with E-state index in [1.165, 1.54) is 11.1 Å². The summed E-state index contributed by atoms with van der Waals surface area (Å²) in [5.74, 6) is 1.41. The molecule has 3 rings (SSSR count). The fraction of sp³-hybridized carbons (Fsp3) is 0.611. The van der Waals surface area contributed by atoms with E-state index >= 15 is 0 Å². The molecule has 1 N–H and O–H groups in total. The number of nitrogens with one attached hydrogen (secondary N) is 1. The summed E-state index contributed by atoms with van der Waals surface area (Å²) < 4.78 is 5.41. The average molecular weight is 302 g/mol. The van der Waals surface area contributed by atoms with Crippen molar-refractivity contribution in [2.75, 3.05) is 31.6 Å². The standard InChI is InChI=1S/C18H26N2O2/c1-3-14-10-17(5-4-13(14)2)19-18(21)20-11-16(12-20)15-6-8-22-9-7-15/h4-5,10,15-16H,3,6-9,11-12H2,1-2H3,(H,19,21). The first-order valence-corrected chi connectivity index (χ1v) is 8.40. The molecule has 1 aromatic rings. The summed E-state index contributed by atoms with van der Waals surface area (Å²) in [6.45, 7) is 7.80. The van der Waals surface area contributed by atoms with Crippen molar-refractivity contribution < 1.29 is 9.53 Å². The topological polar surface area (TPSA) is 41.6 Å². The van der Waals surface area contributed by atoms with Crippen molar-refractivity contribution in [2.24, 2.45) is 11.8 Å². The zero-order valence-electron chi connectivity index (χ0n) is 13.6. The van der Waals surface area contributed by atoms with Crippen molar-refractivity contribution >= 4 is 11.7 Å². The molecule has 2 aliphatic rings. The number of likely N-dealkylation sites (tertiary alicyclic amines) is 1. The Morgan fingerprint density at radius 1 is 1.27 bits per heavy atom. The Labute approximate surface area is 132 Å². The SMILES string of the molecule is CCc1cc(NC(=O)N2CC(C3CCOCC3)C2)ccc1C. The van der Waals surface area contributed by atoms with E-state index in [4.69, 9.17) is 4.74 Å². The van der Waals surface area contributed by atoms with Crippen LogP contribution >= 0.6 is 0 Å². The van der Waals surface area contributed by atoms with Crippen LogP contribution < -0.4 is 5.32 Å². The zero-order valence-corrected chi connectivity index (χ0v) is 13.6. The van der Waals surface area contributed by atoms with Crippen LogP contribution in [0.3, 0.4) is 0 Å². The van der Waals surface area contributed by atoms with Crippen LogP contribution in [-0.4, -0.2) is 37.2 Å². The van der Waals surface area contributed by atoms with Gasteiger partial charge in [0.05, 0.1) is 0 Å². The predicted molar refractivity (Wildman–Crippen MR) is 88.2 cm³/mol. The van der Waals surface area contributed by atoms with E-state index < -0.39 is 0 Å². The summed E-state index contributed by atoms with van der Waals surface area (Å²) in [5.41, 5.74) is 3.48. The molecule has 120 valence electrons. The average Bonchev–Trinajstić information content (AvgIpc) is 2.49. The van der Waals surface area contributed by atoms with Gasteiger partial charge >= 0.3 is 6.03 Å². The van der Waals surface area contributed by atoms with Crippen molar-refractivity contribution in [3.8, 4) is 0 Å². The largest absolute Gasteiger partial charge is 0.381 e. The van der Waals surface area contributed by atoms with Crippen molar-refractivity contribution in [3.63, 3.8) is 0 Å². The van der Waals surface area contributed by atoms with Crippen molar-refractivity contribution in [1.82, 2.24) is 4.90 Å². The minimum Gasteiger partial charge on any atom is -0.381 e. The molecule has 2 amide bonds. The molecule has 2 saturated heterocycles. The van der Waals surface area contributed by atoms with E-state index in [0.29, 0.717) is 5.92 Å². The quantitative estimate of drug-likeness (QED) is 0.929. The second kappa shape index (κ2) is 6.69. The van der Waals surface area contributed by atoms with Crippen LogP contribution in [-0.2, 0) is 11.2 Å². The summed E-state index contributed by atoms with van der Waals surface area (Å²) in [7, 11) is 0. The molecule has 0 spiro atoms. The van der Waals surface area contributed by atoms with Gasteiger partial charge in [0.25, 0.3) is 0 Å². The van der Waals surface area contributed by atoms with E-state index in [0.717, 1.165) is 57.2 Å². The van der Waals surface area contributed by atoms with Gasteiger partial charge in [-0.25, -0.2) is 4.79 Å². The smallest absolute Gasteiger partial charge is 0.321 e. The first kappa shape index (κ1) is 15.3. The van der Waals surface area contributed by atoms with Crippen LogP contribution in [0, 0.1) is 18.8 Å². The van der Waals surface area contributed by atoms with Gasteiger partial charge in [0, 0.05) is 32.0 Å². The molecule has 4 heteroatoms. The van der Waals surface area contributed by atoms with E-state index in [-0.39, 0.29) is 6.03 Å².